The molecule has 0 aliphatic heterocycles. The van der Waals surface area contributed by atoms with Crippen LogP contribution in [0.15, 0.2) is 23.1 Å². The van der Waals surface area contributed by atoms with Crippen LogP contribution in [0.25, 0.3) is 0 Å². The van der Waals surface area contributed by atoms with E-state index in [9.17, 15) is 8.42 Å². The first-order valence-electron chi connectivity index (χ1n) is 6.25. The lowest BCUT2D eigenvalue weighted by Crippen LogP contribution is -2.33. The van der Waals surface area contributed by atoms with Gasteiger partial charge < -0.3 is 5.73 Å². The van der Waals surface area contributed by atoms with E-state index in [4.69, 9.17) is 29.6 Å². The maximum atomic E-state index is 12.3. The van der Waals surface area contributed by atoms with Crippen molar-refractivity contribution >= 4 is 38.8 Å². The number of nitrogens with two attached hydrogens (primary N) is 1. The molecule has 0 aromatic heterocycles. The summed E-state index contributed by atoms with van der Waals surface area (Å²) >= 11 is 10.8. The summed E-state index contributed by atoms with van der Waals surface area (Å²) in [6.07, 6.45) is 0.752. The van der Waals surface area contributed by atoms with Crippen molar-refractivity contribution < 1.29 is 8.42 Å². The number of thiocarbonyl (C=S) groups is 1. The Morgan fingerprint density at radius 2 is 2.00 bits per heavy atom. The molecule has 0 saturated heterocycles. The van der Waals surface area contributed by atoms with Crippen molar-refractivity contribution in [1.82, 2.24) is 4.72 Å². The predicted molar refractivity (Wildman–Crippen MR) is 86.6 cm³/mol. The third kappa shape index (κ3) is 4.70. The van der Waals surface area contributed by atoms with Crippen LogP contribution < -0.4 is 10.5 Å². The molecule has 0 aliphatic rings. The Morgan fingerprint density at radius 3 is 2.45 bits per heavy atom. The Labute approximate surface area is 130 Å². The van der Waals surface area contributed by atoms with Crippen molar-refractivity contribution in [1.29, 1.82) is 0 Å². The fraction of sp³-hybridized carbons (Fsp3) is 0.462. The molecule has 0 heterocycles. The summed E-state index contributed by atoms with van der Waals surface area (Å²) in [7, 11) is -3.64. The van der Waals surface area contributed by atoms with E-state index in [1.54, 1.807) is 6.07 Å². The topological polar surface area (TPSA) is 72.2 Å². The van der Waals surface area contributed by atoms with Crippen LogP contribution in [0.2, 0.25) is 5.02 Å². The number of hydrogen-bond acceptors (Lipinski definition) is 3. The van der Waals surface area contributed by atoms with Gasteiger partial charge in [-0.1, -0.05) is 43.7 Å². The molecule has 0 radical (unpaired) electrons. The molecule has 7 heteroatoms. The predicted octanol–water partition coefficient (Wildman–Crippen LogP) is 2.69. The molecule has 0 spiro atoms. The average molecular weight is 335 g/mol. The molecule has 0 saturated carbocycles. The fourth-order valence-electron chi connectivity index (χ4n) is 1.96. The molecule has 1 unspecified atom stereocenters. The van der Waals surface area contributed by atoms with Gasteiger partial charge in [-0.2, -0.15) is 0 Å². The van der Waals surface area contributed by atoms with E-state index < -0.39 is 10.0 Å². The van der Waals surface area contributed by atoms with Crippen LogP contribution in [0.5, 0.6) is 0 Å². The van der Waals surface area contributed by atoms with E-state index in [0.29, 0.717) is 11.5 Å². The number of halogens is 1. The lowest BCUT2D eigenvalue weighted by molar-refractivity contribution is 0.482. The lowest BCUT2D eigenvalue weighted by atomic mass is 10.1. The maximum absolute atomic E-state index is 12.3. The van der Waals surface area contributed by atoms with Crippen LogP contribution in [0.4, 0.5) is 0 Å². The van der Waals surface area contributed by atoms with Gasteiger partial charge in [0.05, 0.1) is 5.02 Å². The highest BCUT2D eigenvalue weighted by Gasteiger charge is 2.21. The van der Waals surface area contributed by atoms with Crippen LogP contribution in [-0.2, 0) is 10.0 Å². The summed E-state index contributed by atoms with van der Waals surface area (Å²) in [6, 6.07) is 4.27. The molecule has 4 nitrogen and oxygen atoms in total. The Kier molecular flexibility index (Phi) is 5.94. The minimum Gasteiger partial charge on any atom is -0.389 e. The maximum Gasteiger partial charge on any atom is 0.242 e. The Balaban J connectivity index is 3.01. The van der Waals surface area contributed by atoms with Crippen LogP contribution >= 0.6 is 23.8 Å². The standard InChI is InChI=1S/C13H19ClN2O2S2/c1-8(2)6-9(3)16-20(17,18)12-5-4-10(13(15)19)7-11(12)14/h4-5,7-9,16H,6H2,1-3H3,(H2,15,19). The first-order valence-corrected chi connectivity index (χ1v) is 8.52. The molecule has 0 bridgehead atoms. The van der Waals surface area contributed by atoms with Crippen LogP contribution in [0.3, 0.4) is 0 Å². The zero-order valence-corrected chi connectivity index (χ0v) is 14.1. The molecule has 0 fully saturated rings. The number of hydrogen-bond donors (Lipinski definition) is 2. The smallest absolute Gasteiger partial charge is 0.242 e. The van der Waals surface area contributed by atoms with Crippen molar-refractivity contribution in [2.75, 3.05) is 0 Å². The Bertz CT molecular complexity index is 600. The second-order valence-electron chi connectivity index (χ2n) is 5.16. The number of nitrogens with one attached hydrogen (secondary N) is 1. The zero-order valence-electron chi connectivity index (χ0n) is 11.7. The van der Waals surface area contributed by atoms with Gasteiger partial charge in [-0.25, -0.2) is 13.1 Å². The van der Waals surface area contributed by atoms with Gasteiger partial charge in [-0.15, -0.1) is 0 Å². The highest BCUT2D eigenvalue weighted by atomic mass is 35.5. The van der Waals surface area contributed by atoms with E-state index in [0.717, 1.165) is 6.42 Å². The minimum atomic E-state index is -3.64. The van der Waals surface area contributed by atoms with Gasteiger partial charge >= 0.3 is 0 Å². The first-order chi connectivity index (χ1) is 9.13. The van der Waals surface area contributed by atoms with Crippen molar-refractivity contribution in [3.8, 4) is 0 Å². The third-order valence-corrected chi connectivity index (χ3v) is 5.00. The van der Waals surface area contributed by atoms with Crippen LogP contribution in [0.1, 0.15) is 32.8 Å². The summed E-state index contributed by atoms with van der Waals surface area (Å²) < 4.78 is 27.1. The zero-order chi connectivity index (χ0) is 15.5. The number of rotatable bonds is 6. The molecular weight excluding hydrogens is 316 g/mol. The summed E-state index contributed by atoms with van der Waals surface area (Å²) in [5, 5.41) is 0.111. The lowest BCUT2D eigenvalue weighted by Gasteiger charge is -2.17. The van der Waals surface area contributed by atoms with Gasteiger partial charge in [-0.3, -0.25) is 0 Å². The summed E-state index contributed by atoms with van der Waals surface area (Å²) in [5.74, 6) is 0.403. The summed E-state index contributed by atoms with van der Waals surface area (Å²) in [6.45, 7) is 5.90. The van der Waals surface area contributed by atoms with Gasteiger partial charge in [0.25, 0.3) is 0 Å². The van der Waals surface area contributed by atoms with Crippen LogP contribution in [-0.4, -0.2) is 19.4 Å². The van der Waals surface area contributed by atoms with Crippen LogP contribution in [0, 0.1) is 5.92 Å². The molecule has 3 N–H and O–H groups in total. The van der Waals surface area contributed by atoms with Gasteiger partial charge in [0.2, 0.25) is 10.0 Å². The van der Waals surface area contributed by atoms with Crippen molar-refractivity contribution in [2.24, 2.45) is 11.7 Å². The van der Waals surface area contributed by atoms with Gasteiger partial charge in [0.15, 0.2) is 0 Å². The largest absolute Gasteiger partial charge is 0.389 e. The molecule has 0 aliphatic carbocycles. The van der Waals surface area contributed by atoms with Crippen molar-refractivity contribution in [3.05, 3.63) is 28.8 Å². The summed E-state index contributed by atoms with van der Waals surface area (Å²) in [5.41, 5.74) is 6.03. The van der Waals surface area contributed by atoms with E-state index in [1.165, 1.54) is 12.1 Å². The summed E-state index contributed by atoms with van der Waals surface area (Å²) in [4.78, 5) is 0.215. The normalized spacial score (nSPS) is 13.4. The molecular formula is C13H19ClN2O2S2. The number of benzene rings is 1. The Morgan fingerprint density at radius 1 is 1.40 bits per heavy atom. The molecule has 1 atom stereocenters. The molecule has 1 aromatic rings. The van der Waals surface area contributed by atoms with Gasteiger partial charge in [-0.05, 0) is 31.4 Å². The first kappa shape index (κ1) is 17.4. The SMILES string of the molecule is CC(C)CC(C)NS(=O)(=O)c1ccc(C(N)=S)cc1Cl. The second-order valence-corrected chi connectivity index (χ2v) is 7.69. The molecule has 1 aromatic carbocycles. The second kappa shape index (κ2) is 6.85. The Hall–Kier alpha value is -0.690. The van der Waals surface area contributed by atoms with E-state index in [2.05, 4.69) is 4.72 Å². The molecule has 20 heavy (non-hydrogen) atoms. The quantitative estimate of drug-likeness (QED) is 0.784. The minimum absolute atomic E-state index is 0.0368. The van der Waals surface area contributed by atoms with E-state index in [1.807, 2.05) is 20.8 Å². The van der Waals surface area contributed by atoms with E-state index in [-0.39, 0.29) is 20.9 Å². The molecule has 112 valence electrons. The van der Waals surface area contributed by atoms with E-state index >= 15 is 0 Å². The van der Waals surface area contributed by atoms with Gasteiger partial charge in [0.1, 0.15) is 9.88 Å². The highest BCUT2D eigenvalue weighted by molar-refractivity contribution is 7.89. The molecule has 1 rings (SSSR count). The van der Waals surface area contributed by atoms with Crippen molar-refractivity contribution in [2.45, 2.75) is 38.1 Å². The van der Waals surface area contributed by atoms with Gasteiger partial charge in [0, 0.05) is 11.6 Å². The highest BCUT2D eigenvalue weighted by Crippen LogP contribution is 2.23. The average Bonchev–Trinajstić information content (AvgIpc) is 2.25. The third-order valence-electron chi connectivity index (χ3n) is 2.69. The van der Waals surface area contributed by atoms with Crippen molar-refractivity contribution in [3.63, 3.8) is 0 Å². The fourth-order valence-corrected chi connectivity index (χ4v) is 3.88. The monoisotopic (exact) mass is 334 g/mol. The number of sulfonamides is 1. The molecule has 0 amide bonds.